The average molecular weight is 657 g/mol. The first-order chi connectivity index (χ1) is 24.8. The summed E-state index contributed by atoms with van der Waals surface area (Å²) >= 11 is 1.85. The fourth-order valence-corrected chi connectivity index (χ4v) is 9.04. The van der Waals surface area contributed by atoms with Crippen LogP contribution in [0, 0.1) is 0 Å². The van der Waals surface area contributed by atoms with Crippen LogP contribution in [0.3, 0.4) is 0 Å². The number of hydrogen-bond acceptors (Lipinski definition) is 3. The maximum Gasteiger partial charge on any atom is 0.136 e. The summed E-state index contributed by atoms with van der Waals surface area (Å²) in [5, 5.41) is 9.63. The standard InChI is InChI=1S/C46H28N2OS/c1-2-13-31(14-3-1)48-39-17-8-6-15-34(39)35-23-21-33(28-41(35)48)47(40-18-10-20-45-46(40)36-16-7-9-19-44(36)50-45)32-22-24-42-38(27-32)37-25-29-11-4-5-12-30(29)26-43(37)49-42/h1-28H. The number of rotatable bonds is 4. The largest absolute Gasteiger partial charge is 0.456 e. The Balaban J connectivity index is 1.22. The van der Waals surface area contributed by atoms with Crippen molar-refractivity contribution in [1.82, 2.24) is 4.57 Å². The Bertz CT molecular complexity index is 3110. The van der Waals surface area contributed by atoms with Gasteiger partial charge in [0.05, 0.1) is 16.7 Å². The molecule has 0 fully saturated rings. The van der Waals surface area contributed by atoms with Crippen molar-refractivity contribution < 1.29 is 4.42 Å². The molecule has 3 nitrogen and oxygen atoms in total. The van der Waals surface area contributed by atoms with Crippen molar-refractivity contribution in [2.45, 2.75) is 0 Å². The number of nitrogens with zero attached hydrogens (tertiary/aromatic N) is 2. The molecule has 50 heavy (non-hydrogen) atoms. The third kappa shape index (κ3) is 4.03. The molecule has 3 aromatic heterocycles. The lowest BCUT2D eigenvalue weighted by Crippen LogP contribution is -2.10. The summed E-state index contributed by atoms with van der Waals surface area (Å²) in [5.74, 6) is 0. The molecule has 0 aliphatic rings. The maximum absolute atomic E-state index is 6.46. The smallest absolute Gasteiger partial charge is 0.136 e. The Morgan fingerprint density at radius 1 is 0.440 bits per heavy atom. The van der Waals surface area contributed by atoms with E-state index in [-0.39, 0.29) is 0 Å². The highest BCUT2D eigenvalue weighted by atomic mass is 32.1. The molecule has 0 spiro atoms. The summed E-state index contributed by atoms with van der Waals surface area (Å²) in [7, 11) is 0. The van der Waals surface area contributed by atoms with Gasteiger partial charge < -0.3 is 13.9 Å². The molecule has 0 bridgehead atoms. The Morgan fingerprint density at radius 2 is 1.12 bits per heavy atom. The lowest BCUT2D eigenvalue weighted by Gasteiger charge is -2.27. The third-order valence-electron chi connectivity index (χ3n) is 10.1. The monoisotopic (exact) mass is 656 g/mol. The lowest BCUT2D eigenvalue weighted by molar-refractivity contribution is 0.669. The van der Waals surface area contributed by atoms with Crippen LogP contribution in [0.1, 0.15) is 0 Å². The molecule has 0 atom stereocenters. The molecule has 0 saturated carbocycles. The van der Waals surface area contributed by atoms with Crippen molar-refractivity contribution in [2.75, 3.05) is 4.90 Å². The first-order valence-electron chi connectivity index (χ1n) is 16.9. The van der Waals surface area contributed by atoms with Crippen LogP contribution in [0.15, 0.2) is 174 Å². The summed E-state index contributed by atoms with van der Waals surface area (Å²) in [6.07, 6.45) is 0. The van der Waals surface area contributed by atoms with E-state index in [9.17, 15) is 0 Å². The van der Waals surface area contributed by atoms with Gasteiger partial charge in [0.1, 0.15) is 11.2 Å². The van der Waals surface area contributed by atoms with Gasteiger partial charge in [-0.2, -0.15) is 0 Å². The molecular formula is C46H28N2OS. The first-order valence-corrected chi connectivity index (χ1v) is 17.7. The SMILES string of the molecule is c1ccc(-n2c3ccccc3c3ccc(N(c4ccc5oc6cc7ccccc7cc6c5c4)c4cccc5sc6ccccc6c45)cc32)cc1. The zero-order valence-corrected chi connectivity index (χ0v) is 27.7. The van der Waals surface area contributed by atoms with Crippen LogP contribution in [0.25, 0.3) is 80.4 Å². The Morgan fingerprint density at radius 3 is 2.02 bits per heavy atom. The number of anilines is 3. The minimum absolute atomic E-state index is 0.887. The van der Waals surface area contributed by atoms with Gasteiger partial charge in [0.15, 0.2) is 0 Å². The number of para-hydroxylation sites is 2. The Hall–Kier alpha value is -6.36. The van der Waals surface area contributed by atoms with Crippen molar-refractivity contribution in [1.29, 1.82) is 0 Å². The van der Waals surface area contributed by atoms with Crippen LogP contribution in [0.4, 0.5) is 17.1 Å². The number of thiophene rings is 1. The van der Waals surface area contributed by atoms with Crippen LogP contribution >= 0.6 is 11.3 Å². The van der Waals surface area contributed by atoms with Crippen LogP contribution < -0.4 is 4.90 Å². The molecule has 234 valence electrons. The van der Waals surface area contributed by atoms with E-state index in [1.165, 1.54) is 52.8 Å². The maximum atomic E-state index is 6.46. The normalized spacial score (nSPS) is 12.0. The molecule has 0 amide bonds. The second-order valence-electron chi connectivity index (χ2n) is 13.0. The van der Waals surface area contributed by atoms with E-state index >= 15 is 0 Å². The highest BCUT2D eigenvalue weighted by molar-refractivity contribution is 7.26. The van der Waals surface area contributed by atoms with Gasteiger partial charge in [-0.05, 0) is 89.6 Å². The van der Waals surface area contributed by atoms with E-state index in [2.05, 4.69) is 179 Å². The van der Waals surface area contributed by atoms with Gasteiger partial charge in [-0.1, -0.05) is 91.0 Å². The Labute approximate surface area is 291 Å². The van der Waals surface area contributed by atoms with Gasteiger partial charge in [0.2, 0.25) is 0 Å². The fourth-order valence-electron chi connectivity index (χ4n) is 7.91. The van der Waals surface area contributed by atoms with Gasteiger partial charge >= 0.3 is 0 Å². The van der Waals surface area contributed by atoms with Gasteiger partial charge in [-0.25, -0.2) is 0 Å². The van der Waals surface area contributed by atoms with Crippen LogP contribution in [-0.4, -0.2) is 4.57 Å². The van der Waals surface area contributed by atoms with Crippen molar-refractivity contribution in [3.8, 4) is 5.69 Å². The molecule has 0 aliphatic heterocycles. The minimum atomic E-state index is 0.887. The van der Waals surface area contributed by atoms with E-state index in [0.29, 0.717) is 0 Å². The quantitative estimate of drug-likeness (QED) is 0.188. The number of furan rings is 1. The zero-order valence-electron chi connectivity index (χ0n) is 26.9. The Kier molecular flexibility index (Phi) is 5.83. The molecular weight excluding hydrogens is 629 g/mol. The predicted octanol–water partition coefficient (Wildman–Crippen LogP) is 13.7. The highest BCUT2D eigenvalue weighted by Gasteiger charge is 2.22. The minimum Gasteiger partial charge on any atom is -0.456 e. The molecule has 4 heteroatoms. The van der Waals surface area contributed by atoms with Crippen molar-refractivity contribution in [3.63, 3.8) is 0 Å². The van der Waals surface area contributed by atoms with Crippen LogP contribution in [0.2, 0.25) is 0 Å². The van der Waals surface area contributed by atoms with Crippen LogP contribution in [-0.2, 0) is 0 Å². The molecule has 0 radical (unpaired) electrons. The lowest BCUT2D eigenvalue weighted by atomic mass is 10.0. The van der Waals surface area contributed by atoms with Gasteiger partial charge in [-0.15, -0.1) is 11.3 Å². The second-order valence-corrected chi connectivity index (χ2v) is 14.0. The number of hydrogen-bond donors (Lipinski definition) is 0. The summed E-state index contributed by atoms with van der Waals surface area (Å²) in [6.45, 7) is 0. The van der Waals surface area contributed by atoms with E-state index in [4.69, 9.17) is 4.42 Å². The molecule has 0 saturated heterocycles. The molecule has 0 N–H and O–H groups in total. The first kappa shape index (κ1) is 27.6. The second kappa shape index (κ2) is 10.6. The van der Waals surface area contributed by atoms with E-state index in [1.807, 2.05) is 11.3 Å². The topological polar surface area (TPSA) is 21.3 Å². The summed E-state index contributed by atoms with van der Waals surface area (Å²) in [4.78, 5) is 2.44. The summed E-state index contributed by atoms with van der Waals surface area (Å²) in [6, 6.07) is 61.4. The molecule has 8 aromatic carbocycles. The molecule has 11 aromatic rings. The van der Waals surface area contributed by atoms with Crippen molar-refractivity contribution >= 4 is 103 Å². The third-order valence-corrected chi connectivity index (χ3v) is 11.3. The summed E-state index contributed by atoms with van der Waals surface area (Å²) < 4.78 is 11.4. The number of benzene rings is 8. The summed E-state index contributed by atoms with van der Waals surface area (Å²) in [5.41, 5.74) is 8.63. The van der Waals surface area contributed by atoms with E-state index in [0.717, 1.165) is 44.7 Å². The number of aromatic nitrogens is 1. The van der Waals surface area contributed by atoms with Crippen LogP contribution in [0.5, 0.6) is 0 Å². The predicted molar refractivity (Wildman–Crippen MR) is 213 cm³/mol. The molecule has 0 unspecified atom stereocenters. The van der Waals surface area contributed by atoms with Gasteiger partial charge in [0, 0.05) is 58.8 Å². The highest BCUT2D eigenvalue weighted by Crippen LogP contribution is 2.47. The van der Waals surface area contributed by atoms with Gasteiger partial charge in [-0.3, -0.25) is 0 Å². The van der Waals surface area contributed by atoms with Gasteiger partial charge in [0.25, 0.3) is 0 Å². The average Bonchev–Trinajstić information content (AvgIpc) is 3.83. The van der Waals surface area contributed by atoms with Crippen molar-refractivity contribution in [3.05, 3.63) is 170 Å². The molecule has 3 heterocycles. The van der Waals surface area contributed by atoms with E-state index < -0.39 is 0 Å². The number of fused-ring (bicyclic) bond motifs is 10. The van der Waals surface area contributed by atoms with E-state index in [1.54, 1.807) is 0 Å². The zero-order chi connectivity index (χ0) is 32.8. The fraction of sp³-hybridized carbons (Fsp3) is 0. The molecule has 0 aliphatic carbocycles. The van der Waals surface area contributed by atoms with Crippen molar-refractivity contribution in [2.24, 2.45) is 0 Å². The molecule has 11 rings (SSSR count).